The van der Waals surface area contributed by atoms with Crippen LogP contribution in [0.15, 0.2) is 36.7 Å². The first-order chi connectivity index (χ1) is 8.66. The van der Waals surface area contributed by atoms with E-state index in [1.807, 2.05) is 11.6 Å². The van der Waals surface area contributed by atoms with Crippen molar-refractivity contribution in [3.8, 4) is 17.1 Å². The molecule has 0 spiro atoms. The minimum absolute atomic E-state index is 0.0522. The minimum Gasteiger partial charge on any atom is -0.506 e. The molecule has 3 rings (SSSR count). The lowest BCUT2D eigenvalue weighted by molar-refractivity contribution is 0.474. The number of fused-ring (bicyclic) bond motifs is 1. The van der Waals surface area contributed by atoms with E-state index in [2.05, 4.69) is 9.97 Å². The summed E-state index contributed by atoms with van der Waals surface area (Å²) >= 11 is 0. The summed E-state index contributed by atoms with van der Waals surface area (Å²) in [5.41, 5.74) is 1.94. The van der Waals surface area contributed by atoms with Gasteiger partial charge in [-0.15, -0.1) is 0 Å². The van der Waals surface area contributed by atoms with Crippen LogP contribution in [0, 0.1) is 5.82 Å². The van der Waals surface area contributed by atoms with E-state index < -0.39 is 0 Å². The Morgan fingerprint density at radius 1 is 1.28 bits per heavy atom. The summed E-state index contributed by atoms with van der Waals surface area (Å²) in [6, 6.07) is 6.10. The summed E-state index contributed by atoms with van der Waals surface area (Å²) in [5.74, 6) is 0.304. The zero-order valence-electron chi connectivity index (χ0n) is 9.63. The molecule has 0 unspecified atom stereocenters. The van der Waals surface area contributed by atoms with E-state index in [0.717, 1.165) is 5.52 Å². The standard InChI is InChI=1S/C13H10FN3O/c1-17-11-3-2-8(14)6-10(11)16-13(17)9-4-5-15-7-12(9)18/h2-7,18H,1H3. The molecular formula is C13H10FN3O. The van der Waals surface area contributed by atoms with Gasteiger partial charge in [0.15, 0.2) is 0 Å². The van der Waals surface area contributed by atoms with E-state index in [1.54, 1.807) is 18.3 Å². The molecule has 0 bridgehead atoms. The van der Waals surface area contributed by atoms with Gasteiger partial charge in [-0.3, -0.25) is 4.98 Å². The van der Waals surface area contributed by atoms with Crippen LogP contribution in [0.5, 0.6) is 5.75 Å². The second-order valence-corrected chi connectivity index (χ2v) is 4.02. The molecule has 18 heavy (non-hydrogen) atoms. The number of imidazole rings is 1. The van der Waals surface area contributed by atoms with Crippen molar-refractivity contribution < 1.29 is 9.50 Å². The summed E-state index contributed by atoms with van der Waals surface area (Å²) in [6.07, 6.45) is 2.93. The van der Waals surface area contributed by atoms with Gasteiger partial charge in [0, 0.05) is 19.3 Å². The Bertz CT molecular complexity index is 736. The van der Waals surface area contributed by atoms with Crippen molar-refractivity contribution >= 4 is 11.0 Å². The first-order valence-corrected chi connectivity index (χ1v) is 5.42. The second kappa shape index (κ2) is 3.80. The fraction of sp³-hybridized carbons (Fsp3) is 0.0769. The largest absolute Gasteiger partial charge is 0.506 e. The maximum atomic E-state index is 13.2. The number of pyridine rings is 1. The number of halogens is 1. The predicted molar refractivity (Wildman–Crippen MR) is 65.6 cm³/mol. The van der Waals surface area contributed by atoms with Crippen LogP contribution in [0.2, 0.25) is 0 Å². The molecule has 0 saturated heterocycles. The lowest BCUT2D eigenvalue weighted by Crippen LogP contribution is -1.93. The average Bonchev–Trinajstić information content (AvgIpc) is 2.67. The molecule has 1 aromatic carbocycles. The first kappa shape index (κ1) is 10.7. The van der Waals surface area contributed by atoms with E-state index in [4.69, 9.17) is 0 Å². The van der Waals surface area contributed by atoms with Crippen LogP contribution in [0.1, 0.15) is 0 Å². The van der Waals surface area contributed by atoms with Gasteiger partial charge in [-0.1, -0.05) is 0 Å². The fourth-order valence-corrected chi connectivity index (χ4v) is 1.99. The highest BCUT2D eigenvalue weighted by molar-refractivity contribution is 5.81. The average molecular weight is 243 g/mol. The Morgan fingerprint density at radius 3 is 2.89 bits per heavy atom. The highest BCUT2D eigenvalue weighted by Gasteiger charge is 2.13. The lowest BCUT2D eigenvalue weighted by Gasteiger charge is -2.03. The number of rotatable bonds is 1. The molecule has 90 valence electrons. The Morgan fingerprint density at radius 2 is 2.11 bits per heavy atom. The number of hydrogen-bond donors (Lipinski definition) is 1. The molecule has 2 heterocycles. The van der Waals surface area contributed by atoms with Crippen LogP contribution in [0.25, 0.3) is 22.4 Å². The molecule has 0 amide bonds. The van der Waals surface area contributed by atoms with Crippen LogP contribution in [-0.2, 0) is 7.05 Å². The summed E-state index contributed by atoms with van der Waals surface area (Å²) in [6.45, 7) is 0. The number of benzene rings is 1. The Hall–Kier alpha value is -2.43. The molecule has 4 nitrogen and oxygen atoms in total. The molecule has 0 aliphatic heterocycles. The normalized spacial score (nSPS) is 11.0. The third kappa shape index (κ3) is 1.52. The molecule has 0 radical (unpaired) electrons. The van der Waals surface area contributed by atoms with Crippen LogP contribution in [0.4, 0.5) is 4.39 Å². The van der Waals surface area contributed by atoms with E-state index in [-0.39, 0.29) is 11.6 Å². The molecule has 0 aliphatic rings. The maximum Gasteiger partial charge on any atom is 0.144 e. The minimum atomic E-state index is -0.328. The quantitative estimate of drug-likeness (QED) is 0.714. The monoisotopic (exact) mass is 243 g/mol. The molecule has 1 N–H and O–H groups in total. The van der Waals surface area contributed by atoms with Crippen molar-refractivity contribution in [1.82, 2.24) is 14.5 Å². The van der Waals surface area contributed by atoms with Crippen molar-refractivity contribution in [3.63, 3.8) is 0 Å². The second-order valence-electron chi connectivity index (χ2n) is 4.02. The van der Waals surface area contributed by atoms with Gasteiger partial charge in [-0.2, -0.15) is 0 Å². The van der Waals surface area contributed by atoms with Crippen molar-refractivity contribution in [2.24, 2.45) is 7.05 Å². The highest BCUT2D eigenvalue weighted by atomic mass is 19.1. The molecule has 0 atom stereocenters. The fourth-order valence-electron chi connectivity index (χ4n) is 1.99. The van der Waals surface area contributed by atoms with E-state index >= 15 is 0 Å². The Balaban J connectivity index is 2.31. The zero-order valence-corrected chi connectivity index (χ0v) is 9.63. The van der Waals surface area contributed by atoms with Gasteiger partial charge in [0.2, 0.25) is 0 Å². The van der Waals surface area contributed by atoms with E-state index in [9.17, 15) is 9.50 Å². The summed E-state index contributed by atoms with van der Waals surface area (Å²) in [7, 11) is 1.82. The molecular weight excluding hydrogens is 233 g/mol. The third-order valence-corrected chi connectivity index (χ3v) is 2.88. The SMILES string of the molecule is Cn1c(-c2ccncc2O)nc2cc(F)ccc21. The van der Waals surface area contributed by atoms with Gasteiger partial charge >= 0.3 is 0 Å². The first-order valence-electron chi connectivity index (χ1n) is 5.42. The summed E-state index contributed by atoms with van der Waals surface area (Å²) in [4.78, 5) is 8.16. The van der Waals surface area contributed by atoms with Gasteiger partial charge in [0.1, 0.15) is 17.4 Å². The van der Waals surface area contributed by atoms with Gasteiger partial charge in [-0.25, -0.2) is 9.37 Å². The smallest absolute Gasteiger partial charge is 0.144 e. The molecule has 3 aromatic rings. The number of hydrogen-bond acceptors (Lipinski definition) is 3. The maximum absolute atomic E-state index is 13.2. The van der Waals surface area contributed by atoms with Crippen molar-refractivity contribution in [2.45, 2.75) is 0 Å². The number of aromatic hydroxyl groups is 1. The molecule has 0 aliphatic carbocycles. The van der Waals surface area contributed by atoms with Gasteiger partial charge in [-0.05, 0) is 18.2 Å². The van der Waals surface area contributed by atoms with Crippen LogP contribution < -0.4 is 0 Å². The zero-order chi connectivity index (χ0) is 12.7. The summed E-state index contributed by atoms with van der Waals surface area (Å²) < 4.78 is 15.0. The van der Waals surface area contributed by atoms with Gasteiger partial charge in [0.25, 0.3) is 0 Å². The Kier molecular flexibility index (Phi) is 2.26. The molecule has 5 heteroatoms. The van der Waals surface area contributed by atoms with Gasteiger partial charge < -0.3 is 9.67 Å². The van der Waals surface area contributed by atoms with E-state index in [1.165, 1.54) is 18.3 Å². The third-order valence-electron chi connectivity index (χ3n) is 2.88. The molecule has 2 aromatic heterocycles. The lowest BCUT2D eigenvalue weighted by atomic mass is 10.2. The van der Waals surface area contributed by atoms with Crippen molar-refractivity contribution in [1.29, 1.82) is 0 Å². The predicted octanol–water partition coefficient (Wildman–Crippen LogP) is 2.48. The topological polar surface area (TPSA) is 50.9 Å². The number of aromatic nitrogens is 3. The van der Waals surface area contributed by atoms with Crippen molar-refractivity contribution in [2.75, 3.05) is 0 Å². The molecule has 0 saturated carbocycles. The highest BCUT2D eigenvalue weighted by Crippen LogP contribution is 2.29. The van der Waals surface area contributed by atoms with Gasteiger partial charge in [0.05, 0.1) is 22.8 Å². The summed E-state index contributed by atoms with van der Waals surface area (Å²) in [5, 5.41) is 9.78. The Labute approximate surface area is 102 Å². The number of nitrogens with zero attached hydrogens (tertiary/aromatic N) is 3. The van der Waals surface area contributed by atoms with E-state index in [0.29, 0.717) is 16.9 Å². The van der Waals surface area contributed by atoms with Crippen LogP contribution >= 0.6 is 0 Å². The molecule has 0 fully saturated rings. The number of aryl methyl sites for hydroxylation is 1. The van der Waals surface area contributed by atoms with Crippen LogP contribution in [0.3, 0.4) is 0 Å². The van der Waals surface area contributed by atoms with Crippen LogP contribution in [-0.4, -0.2) is 19.6 Å². The van der Waals surface area contributed by atoms with Crippen molar-refractivity contribution in [3.05, 3.63) is 42.5 Å².